The number of phenols is 1. The minimum absolute atomic E-state index is 0.122. The molecule has 2 aromatic rings. The molecule has 6 nitrogen and oxygen atoms in total. The summed E-state index contributed by atoms with van der Waals surface area (Å²) in [6.07, 6.45) is 1.05. The van der Waals surface area contributed by atoms with Crippen molar-refractivity contribution < 1.29 is 14.6 Å². The molecule has 1 aliphatic rings. The van der Waals surface area contributed by atoms with Crippen LogP contribution < -0.4 is 15.4 Å². The fourth-order valence-electron chi connectivity index (χ4n) is 3.00. The fraction of sp³-hybridized carbons (Fsp3) is 0.409. The molecule has 1 aliphatic heterocycles. The molecule has 1 fully saturated rings. The van der Waals surface area contributed by atoms with Crippen LogP contribution >= 0.6 is 0 Å². The molecule has 0 aliphatic carbocycles. The van der Waals surface area contributed by atoms with Crippen LogP contribution in [0, 0.1) is 6.92 Å². The first kappa shape index (κ1) is 20.0. The van der Waals surface area contributed by atoms with Gasteiger partial charge in [-0.3, -0.25) is 0 Å². The zero-order valence-corrected chi connectivity index (χ0v) is 16.6. The molecule has 1 unspecified atom stereocenters. The molecule has 0 amide bonds. The van der Waals surface area contributed by atoms with Crippen LogP contribution in [0.1, 0.15) is 30.0 Å². The molecular formula is C22H29N3O3. The van der Waals surface area contributed by atoms with Crippen LogP contribution in [0.2, 0.25) is 0 Å². The van der Waals surface area contributed by atoms with Crippen LogP contribution in [0.15, 0.2) is 47.5 Å². The van der Waals surface area contributed by atoms with Crippen LogP contribution in [0.4, 0.5) is 0 Å². The highest BCUT2D eigenvalue weighted by Gasteiger charge is 2.18. The van der Waals surface area contributed by atoms with E-state index < -0.39 is 0 Å². The van der Waals surface area contributed by atoms with Crippen molar-refractivity contribution in [1.82, 2.24) is 10.6 Å². The molecule has 150 valence electrons. The maximum absolute atomic E-state index is 9.40. The summed E-state index contributed by atoms with van der Waals surface area (Å²) in [5.74, 6) is 1.90. The Bertz CT molecular complexity index is 784. The van der Waals surface area contributed by atoms with Gasteiger partial charge in [0.15, 0.2) is 5.96 Å². The molecule has 6 heteroatoms. The number of guanidine groups is 1. The third-order valence-corrected chi connectivity index (χ3v) is 4.55. The molecule has 1 heterocycles. The van der Waals surface area contributed by atoms with Gasteiger partial charge in [0.2, 0.25) is 0 Å². The van der Waals surface area contributed by atoms with Crippen molar-refractivity contribution in [2.24, 2.45) is 4.99 Å². The summed E-state index contributed by atoms with van der Waals surface area (Å²) in [4.78, 5) is 4.63. The average molecular weight is 383 g/mol. The Morgan fingerprint density at radius 3 is 2.75 bits per heavy atom. The van der Waals surface area contributed by atoms with Crippen molar-refractivity contribution in [3.8, 4) is 11.5 Å². The van der Waals surface area contributed by atoms with Crippen molar-refractivity contribution in [3.05, 3.63) is 59.2 Å². The number of rotatable bonds is 7. The summed E-state index contributed by atoms with van der Waals surface area (Å²) >= 11 is 0. The van der Waals surface area contributed by atoms with Gasteiger partial charge in [-0.15, -0.1) is 0 Å². The third-order valence-electron chi connectivity index (χ3n) is 4.55. The van der Waals surface area contributed by atoms with Gasteiger partial charge in [0, 0.05) is 25.1 Å². The van der Waals surface area contributed by atoms with Crippen LogP contribution in [-0.2, 0) is 17.8 Å². The minimum atomic E-state index is 0.122. The number of phenolic OH excluding ortho intramolecular Hbond substituents is 1. The molecule has 0 aromatic heterocycles. The van der Waals surface area contributed by atoms with E-state index in [1.54, 1.807) is 12.1 Å². The molecule has 0 radical (unpaired) electrons. The smallest absolute Gasteiger partial charge is 0.191 e. The number of hydrogen-bond donors (Lipinski definition) is 3. The van der Waals surface area contributed by atoms with E-state index in [1.807, 2.05) is 19.1 Å². The molecule has 0 saturated carbocycles. The zero-order valence-electron chi connectivity index (χ0n) is 16.6. The van der Waals surface area contributed by atoms with E-state index in [2.05, 4.69) is 40.7 Å². The number of hydrogen-bond acceptors (Lipinski definition) is 4. The zero-order chi connectivity index (χ0) is 19.8. The molecule has 3 rings (SSSR count). The summed E-state index contributed by atoms with van der Waals surface area (Å²) in [6.45, 7) is 7.45. The Hall–Kier alpha value is -2.73. The largest absolute Gasteiger partial charge is 0.508 e. The molecule has 28 heavy (non-hydrogen) atoms. The lowest BCUT2D eigenvalue weighted by Crippen LogP contribution is -2.37. The normalized spacial score (nSPS) is 16.8. The van der Waals surface area contributed by atoms with Gasteiger partial charge in [0.25, 0.3) is 0 Å². The number of nitrogens with zero attached hydrogens (tertiary/aromatic N) is 1. The monoisotopic (exact) mass is 383 g/mol. The Morgan fingerprint density at radius 2 is 2.04 bits per heavy atom. The first-order valence-electron chi connectivity index (χ1n) is 9.78. The topological polar surface area (TPSA) is 75.1 Å². The van der Waals surface area contributed by atoms with Crippen LogP contribution in [0.5, 0.6) is 11.5 Å². The molecule has 0 spiro atoms. The highest BCUT2D eigenvalue weighted by Crippen LogP contribution is 2.23. The van der Waals surface area contributed by atoms with Crippen molar-refractivity contribution in [2.75, 3.05) is 19.8 Å². The van der Waals surface area contributed by atoms with Gasteiger partial charge in [0.05, 0.1) is 19.8 Å². The summed E-state index contributed by atoms with van der Waals surface area (Å²) in [5, 5.41) is 16.0. The van der Waals surface area contributed by atoms with Crippen molar-refractivity contribution in [3.63, 3.8) is 0 Å². The van der Waals surface area contributed by atoms with Gasteiger partial charge in [-0.05, 0) is 43.2 Å². The second-order valence-corrected chi connectivity index (χ2v) is 6.93. The standard InChI is InChI=1S/C22H29N3O3/c1-3-23-22(24-13-17-5-8-19(26)9-6-17)25-14-18-7-4-16(2)12-21(18)28-20-10-11-27-15-20/h4-9,12,20,26H,3,10-11,13-15H2,1-2H3,(H2,23,24,25). The Balaban J connectivity index is 1.65. The quantitative estimate of drug-likeness (QED) is 0.506. The fourth-order valence-corrected chi connectivity index (χ4v) is 3.00. The van der Waals surface area contributed by atoms with Gasteiger partial charge in [-0.25, -0.2) is 4.99 Å². The number of aryl methyl sites for hydroxylation is 1. The second-order valence-electron chi connectivity index (χ2n) is 6.93. The van der Waals surface area contributed by atoms with E-state index in [9.17, 15) is 5.11 Å². The van der Waals surface area contributed by atoms with Crippen LogP contribution in [0.3, 0.4) is 0 Å². The van der Waals surface area contributed by atoms with Crippen molar-refractivity contribution in [2.45, 2.75) is 39.5 Å². The maximum atomic E-state index is 9.40. The van der Waals surface area contributed by atoms with Crippen LogP contribution in [0.25, 0.3) is 0 Å². The van der Waals surface area contributed by atoms with Crippen LogP contribution in [-0.4, -0.2) is 36.9 Å². The molecule has 0 bridgehead atoms. The van der Waals surface area contributed by atoms with E-state index in [0.717, 1.165) is 42.4 Å². The number of aromatic hydroxyl groups is 1. The van der Waals surface area contributed by atoms with Gasteiger partial charge < -0.3 is 25.2 Å². The molecule has 1 atom stereocenters. The van der Waals surface area contributed by atoms with Gasteiger partial charge in [-0.2, -0.15) is 0 Å². The number of benzene rings is 2. The number of nitrogens with one attached hydrogen (secondary N) is 2. The predicted octanol–water partition coefficient (Wildman–Crippen LogP) is 3.12. The Kier molecular flexibility index (Phi) is 7.14. The summed E-state index contributed by atoms with van der Waals surface area (Å²) in [6, 6.07) is 13.4. The first-order valence-corrected chi connectivity index (χ1v) is 9.78. The average Bonchev–Trinajstić information content (AvgIpc) is 3.19. The molecule has 1 saturated heterocycles. The maximum Gasteiger partial charge on any atom is 0.191 e. The summed E-state index contributed by atoms with van der Waals surface area (Å²) in [5.41, 5.74) is 3.30. The van der Waals surface area contributed by atoms with E-state index >= 15 is 0 Å². The van der Waals surface area contributed by atoms with E-state index in [4.69, 9.17) is 9.47 Å². The lowest BCUT2D eigenvalue weighted by molar-refractivity contribution is 0.140. The highest BCUT2D eigenvalue weighted by molar-refractivity contribution is 5.79. The summed E-state index contributed by atoms with van der Waals surface area (Å²) in [7, 11) is 0. The molecule has 3 N–H and O–H groups in total. The molecule has 2 aromatic carbocycles. The lowest BCUT2D eigenvalue weighted by atomic mass is 10.1. The lowest BCUT2D eigenvalue weighted by Gasteiger charge is -2.18. The van der Waals surface area contributed by atoms with Crippen molar-refractivity contribution >= 4 is 5.96 Å². The van der Waals surface area contributed by atoms with Gasteiger partial charge >= 0.3 is 0 Å². The second kappa shape index (κ2) is 9.99. The first-order chi connectivity index (χ1) is 13.6. The van der Waals surface area contributed by atoms with E-state index in [0.29, 0.717) is 19.7 Å². The number of aliphatic imine (C=N–C) groups is 1. The Labute approximate surface area is 166 Å². The molecular weight excluding hydrogens is 354 g/mol. The SMILES string of the molecule is CCNC(=NCc1ccc(O)cc1)NCc1ccc(C)cc1OC1CCOC1. The highest BCUT2D eigenvalue weighted by atomic mass is 16.5. The predicted molar refractivity (Wildman–Crippen MR) is 111 cm³/mol. The minimum Gasteiger partial charge on any atom is -0.508 e. The van der Waals surface area contributed by atoms with E-state index in [-0.39, 0.29) is 11.9 Å². The van der Waals surface area contributed by atoms with Crippen molar-refractivity contribution in [1.29, 1.82) is 0 Å². The van der Waals surface area contributed by atoms with Gasteiger partial charge in [0.1, 0.15) is 17.6 Å². The third kappa shape index (κ3) is 5.89. The number of ether oxygens (including phenoxy) is 2. The summed E-state index contributed by atoms with van der Waals surface area (Å²) < 4.78 is 11.6. The Morgan fingerprint density at radius 1 is 1.21 bits per heavy atom. The van der Waals surface area contributed by atoms with E-state index in [1.165, 1.54) is 5.56 Å². The van der Waals surface area contributed by atoms with Gasteiger partial charge in [-0.1, -0.05) is 24.3 Å².